The van der Waals surface area contributed by atoms with Gasteiger partial charge in [-0.1, -0.05) is 6.08 Å². The Morgan fingerprint density at radius 2 is 2.17 bits per heavy atom. The van der Waals surface area contributed by atoms with E-state index in [1.165, 1.54) is 4.90 Å². The minimum atomic E-state index is -0.0982. The van der Waals surface area contributed by atoms with Gasteiger partial charge in [0.25, 0.3) is 0 Å². The van der Waals surface area contributed by atoms with Gasteiger partial charge in [-0.05, 0) is 6.07 Å². The average molecular weight is 250 g/mol. The van der Waals surface area contributed by atoms with E-state index in [9.17, 15) is 4.79 Å². The first kappa shape index (κ1) is 14.1. The fourth-order valence-corrected chi connectivity index (χ4v) is 1.46. The SMILES string of the molecule is C=CCN(CCO)C(=O)CN(C)c1ncccn1. The molecule has 0 radical (unpaired) electrons. The Kier molecular flexibility index (Phi) is 5.79. The van der Waals surface area contributed by atoms with Crippen LogP contribution < -0.4 is 4.90 Å². The summed E-state index contributed by atoms with van der Waals surface area (Å²) < 4.78 is 0. The third-order valence-electron chi connectivity index (χ3n) is 2.34. The molecule has 0 aliphatic carbocycles. The third kappa shape index (κ3) is 4.14. The number of aliphatic hydroxyl groups is 1. The van der Waals surface area contributed by atoms with Gasteiger partial charge in [0.1, 0.15) is 0 Å². The fourth-order valence-electron chi connectivity index (χ4n) is 1.46. The predicted octanol–water partition coefficient (Wildman–Crippen LogP) is -0.0803. The maximum atomic E-state index is 12.0. The number of rotatable bonds is 7. The molecule has 0 fully saturated rings. The van der Waals surface area contributed by atoms with Crippen LogP contribution >= 0.6 is 0 Å². The molecule has 0 saturated carbocycles. The van der Waals surface area contributed by atoms with Gasteiger partial charge >= 0.3 is 0 Å². The monoisotopic (exact) mass is 250 g/mol. The average Bonchev–Trinajstić information content (AvgIpc) is 2.39. The highest BCUT2D eigenvalue weighted by Gasteiger charge is 2.15. The lowest BCUT2D eigenvalue weighted by molar-refractivity contribution is -0.129. The Balaban J connectivity index is 2.59. The molecule has 1 rings (SSSR count). The second-order valence-corrected chi connectivity index (χ2v) is 3.76. The maximum Gasteiger partial charge on any atom is 0.242 e. The van der Waals surface area contributed by atoms with E-state index in [1.54, 1.807) is 36.5 Å². The molecule has 1 aromatic rings. The van der Waals surface area contributed by atoms with E-state index in [0.29, 0.717) is 19.0 Å². The lowest BCUT2D eigenvalue weighted by Gasteiger charge is -2.23. The first-order chi connectivity index (χ1) is 8.69. The molecule has 6 heteroatoms. The molecule has 1 aromatic heterocycles. The number of hydrogen-bond donors (Lipinski definition) is 1. The van der Waals surface area contributed by atoms with Gasteiger partial charge in [0.15, 0.2) is 0 Å². The van der Waals surface area contributed by atoms with Crippen LogP contribution in [0.4, 0.5) is 5.95 Å². The number of amides is 1. The topological polar surface area (TPSA) is 69.6 Å². The molecular formula is C12H18N4O2. The minimum absolute atomic E-state index is 0.0644. The first-order valence-electron chi connectivity index (χ1n) is 5.66. The molecule has 0 aliphatic heterocycles. The van der Waals surface area contributed by atoms with Crippen LogP contribution in [0, 0.1) is 0 Å². The molecule has 0 spiro atoms. The molecule has 1 heterocycles. The van der Waals surface area contributed by atoms with Gasteiger partial charge in [-0.15, -0.1) is 6.58 Å². The Morgan fingerprint density at radius 1 is 1.50 bits per heavy atom. The first-order valence-corrected chi connectivity index (χ1v) is 5.66. The number of hydrogen-bond acceptors (Lipinski definition) is 5. The standard InChI is InChI=1S/C12H18N4O2/c1-3-7-16(8-9-17)11(18)10-15(2)12-13-5-4-6-14-12/h3-6,17H,1,7-10H2,2H3. The summed E-state index contributed by atoms with van der Waals surface area (Å²) in [7, 11) is 1.75. The number of anilines is 1. The zero-order chi connectivity index (χ0) is 13.4. The number of carbonyl (C=O) groups is 1. The van der Waals surface area contributed by atoms with Gasteiger partial charge in [-0.25, -0.2) is 9.97 Å². The van der Waals surface area contributed by atoms with Crippen LogP contribution in [-0.2, 0) is 4.79 Å². The molecule has 0 atom stereocenters. The summed E-state index contributed by atoms with van der Waals surface area (Å²) in [6, 6.07) is 1.72. The van der Waals surface area contributed by atoms with Crippen LogP contribution in [0.25, 0.3) is 0 Å². The van der Waals surface area contributed by atoms with Crippen molar-refractivity contribution in [1.29, 1.82) is 0 Å². The van der Waals surface area contributed by atoms with Crippen LogP contribution in [0.3, 0.4) is 0 Å². The van der Waals surface area contributed by atoms with Gasteiger partial charge in [0.05, 0.1) is 13.2 Å². The second-order valence-electron chi connectivity index (χ2n) is 3.76. The van der Waals surface area contributed by atoms with E-state index in [-0.39, 0.29) is 19.1 Å². The lowest BCUT2D eigenvalue weighted by atomic mass is 10.4. The van der Waals surface area contributed by atoms with Crippen molar-refractivity contribution in [2.75, 3.05) is 38.2 Å². The number of aliphatic hydroxyl groups excluding tert-OH is 1. The van der Waals surface area contributed by atoms with Crippen LogP contribution in [-0.4, -0.2) is 59.2 Å². The third-order valence-corrected chi connectivity index (χ3v) is 2.34. The molecule has 0 saturated heterocycles. The molecular weight excluding hydrogens is 232 g/mol. The summed E-state index contributed by atoms with van der Waals surface area (Å²) in [5, 5.41) is 8.90. The summed E-state index contributed by atoms with van der Waals surface area (Å²) in [6.45, 7) is 4.41. The molecule has 0 aliphatic rings. The van der Waals surface area contributed by atoms with E-state index in [0.717, 1.165) is 0 Å². The summed E-state index contributed by atoms with van der Waals surface area (Å²) >= 11 is 0. The van der Waals surface area contributed by atoms with Crippen molar-refractivity contribution in [1.82, 2.24) is 14.9 Å². The van der Waals surface area contributed by atoms with E-state index < -0.39 is 0 Å². The van der Waals surface area contributed by atoms with Gasteiger partial charge in [-0.3, -0.25) is 4.79 Å². The maximum absolute atomic E-state index is 12.0. The summed E-state index contributed by atoms with van der Waals surface area (Å²) in [5.41, 5.74) is 0. The van der Waals surface area contributed by atoms with Crippen LogP contribution in [0.1, 0.15) is 0 Å². The Labute approximate surface area is 107 Å². The largest absolute Gasteiger partial charge is 0.395 e. The van der Waals surface area contributed by atoms with Gasteiger partial charge in [-0.2, -0.15) is 0 Å². The summed E-state index contributed by atoms with van der Waals surface area (Å²) in [5.74, 6) is 0.396. The quantitative estimate of drug-likeness (QED) is 0.685. The lowest BCUT2D eigenvalue weighted by Crippen LogP contribution is -2.41. The molecule has 0 aromatic carbocycles. The van der Waals surface area contributed by atoms with Crippen molar-refractivity contribution in [2.45, 2.75) is 0 Å². The van der Waals surface area contributed by atoms with Crippen LogP contribution in [0.2, 0.25) is 0 Å². The summed E-state index contributed by atoms with van der Waals surface area (Å²) in [6.07, 6.45) is 4.88. The molecule has 0 bridgehead atoms. The molecule has 1 amide bonds. The molecule has 0 unspecified atom stereocenters. The fraction of sp³-hybridized carbons (Fsp3) is 0.417. The zero-order valence-electron chi connectivity index (χ0n) is 10.5. The van der Waals surface area contributed by atoms with Crippen molar-refractivity contribution in [3.05, 3.63) is 31.1 Å². The second kappa shape index (κ2) is 7.39. The van der Waals surface area contributed by atoms with Crippen molar-refractivity contribution in [3.63, 3.8) is 0 Å². The van der Waals surface area contributed by atoms with Gasteiger partial charge in [0, 0.05) is 32.5 Å². The Bertz CT molecular complexity index is 383. The minimum Gasteiger partial charge on any atom is -0.395 e. The number of carbonyl (C=O) groups excluding carboxylic acids is 1. The van der Waals surface area contributed by atoms with Crippen molar-refractivity contribution in [3.8, 4) is 0 Å². The molecule has 18 heavy (non-hydrogen) atoms. The number of nitrogens with zero attached hydrogens (tertiary/aromatic N) is 4. The zero-order valence-corrected chi connectivity index (χ0v) is 10.5. The molecule has 1 N–H and O–H groups in total. The number of likely N-dealkylation sites (N-methyl/N-ethyl adjacent to an activating group) is 1. The van der Waals surface area contributed by atoms with Crippen molar-refractivity contribution >= 4 is 11.9 Å². The van der Waals surface area contributed by atoms with E-state index in [4.69, 9.17) is 5.11 Å². The Morgan fingerprint density at radius 3 is 2.72 bits per heavy atom. The Hall–Kier alpha value is -1.95. The number of aromatic nitrogens is 2. The van der Waals surface area contributed by atoms with E-state index >= 15 is 0 Å². The van der Waals surface area contributed by atoms with Crippen LogP contribution in [0.15, 0.2) is 31.1 Å². The smallest absolute Gasteiger partial charge is 0.242 e. The van der Waals surface area contributed by atoms with Gasteiger partial charge in [0.2, 0.25) is 11.9 Å². The highest BCUT2D eigenvalue weighted by atomic mass is 16.3. The van der Waals surface area contributed by atoms with Gasteiger partial charge < -0.3 is 14.9 Å². The molecule has 98 valence electrons. The van der Waals surface area contributed by atoms with Crippen molar-refractivity contribution < 1.29 is 9.90 Å². The normalized spacial score (nSPS) is 9.89. The van der Waals surface area contributed by atoms with Crippen LogP contribution in [0.5, 0.6) is 0 Å². The van der Waals surface area contributed by atoms with E-state index in [1.807, 2.05) is 0 Å². The predicted molar refractivity (Wildman–Crippen MR) is 69.2 cm³/mol. The summed E-state index contributed by atoms with van der Waals surface area (Å²) in [4.78, 5) is 23.3. The highest BCUT2D eigenvalue weighted by Crippen LogP contribution is 2.02. The molecule has 6 nitrogen and oxygen atoms in total. The van der Waals surface area contributed by atoms with Crippen molar-refractivity contribution in [2.24, 2.45) is 0 Å². The van der Waals surface area contributed by atoms with E-state index in [2.05, 4.69) is 16.5 Å². The highest BCUT2D eigenvalue weighted by molar-refractivity contribution is 5.80.